The number of aromatic amines is 1. The summed E-state index contributed by atoms with van der Waals surface area (Å²) in [4.78, 5) is 18.5. The van der Waals surface area contributed by atoms with Crippen molar-refractivity contribution in [3.63, 3.8) is 0 Å². The second kappa shape index (κ2) is 7.72. The van der Waals surface area contributed by atoms with E-state index in [1.165, 1.54) is 27.3 Å². The number of hydrogen-bond acceptors (Lipinski definition) is 2. The van der Waals surface area contributed by atoms with Gasteiger partial charge in [0.05, 0.1) is 6.04 Å². The zero-order valence-electron chi connectivity index (χ0n) is 16.4. The van der Waals surface area contributed by atoms with E-state index in [4.69, 9.17) is 0 Å². The molecule has 0 aliphatic carbocycles. The molecule has 1 saturated heterocycles. The van der Waals surface area contributed by atoms with Gasteiger partial charge in [-0.15, -0.1) is 0 Å². The summed E-state index contributed by atoms with van der Waals surface area (Å²) in [6.45, 7) is 2.38. The van der Waals surface area contributed by atoms with E-state index < -0.39 is 0 Å². The number of piperazine rings is 1. The molecule has 29 heavy (non-hydrogen) atoms. The van der Waals surface area contributed by atoms with Gasteiger partial charge in [0, 0.05) is 36.7 Å². The van der Waals surface area contributed by atoms with Crippen molar-refractivity contribution >= 4 is 27.6 Å². The molecule has 2 N–H and O–H groups in total. The number of nitrogens with one attached hydrogen (secondary N) is 2. The second-order valence-corrected chi connectivity index (χ2v) is 7.78. The van der Waals surface area contributed by atoms with Crippen LogP contribution in [0.4, 0.5) is 0 Å². The summed E-state index contributed by atoms with van der Waals surface area (Å²) >= 11 is 0. The van der Waals surface area contributed by atoms with Crippen molar-refractivity contribution in [2.45, 2.75) is 18.9 Å². The standard InChI is InChI=1S/C25H25N3O/c29-25-24(16-20-17-27-23-11-4-3-10-22(20)23)26-13-15-28(25)14-12-19-8-5-7-18-6-1-2-9-21(18)19/h1-11,17,24,26-27H,12-16H2. The van der Waals surface area contributed by atoms with E-state index in [-0.39, 0.29) is 11.9 Å². The minimum absolute atomic E-state index is 0.157. The summed E-state index contributed by atoms with van der Waals surface area (Å²) in [7, 11) is 0. The van der Waals surface area contributed by atoms with Gasteiger partial charge < -0.3 is 15.2 Å². The normalized spacial score (nSPS) is 17.3. The number of nitrogens with zero attached hydrogens (tertiary/aromatic N) is 1. The maximum absolute atomic E-state index is 13.1. The van der Waals surface area contributed by atoms with E-state index in [1.54, 1.807) is 0 Å². The van der Waals surface area contributed by atoms with Crippen LogP contribution in [0.25, 0.3) is 21.7 Å². The molecule has 1 fully saturated rings. The molecule has 1 aromatic heterocycles. The van der Waals surface area contributed by atoms with E-state index in [2.05, 4.69) is 64.9 Å². The van der Waals surface area contributed by atoms with Crippen LogP contribution in [0, 0.1) is 0 Å². The van der Waals surface area contributed by atoms with Crippen molar-refractivity contribution in [1.29, 1.82) is 0 Å². The van der Waals surface area contributed by atoms with Gasteiger partial charge in [-0.3, -0.25) is 4.79 Å². The van der Waals surface area contributed by atoms with Crippen molar-refractivity contribution in [3.8, 4) is 0 Å². The molecule has 5 rings (SSSR count). The Morgan fingerprint density at radius 1 is 0.897 bits per heavy atom. The molecule has 3 aromatic carbocycles. The molecule has 1 aliphatic heterocycles. The monoisotopic (exact) mass is 383 g/mol. The Hall–Kier alpha value is -3.11. The highest BCUT2D eigenvalue weighted by Gasteiger charge is 2.28. The van der Waals surface area contributed by atoms with Crippen LogP contribution in [0.2, 0.25) is 0 Å². The van der Waals surface area contributed by atoms with Gasteiger partial charge in [-0.25, -0.2) is 0 Å². The maximum atomic E-state index is 13.1. The van der Waals surface area contributed by atoms with Gasteiger partial charge in [0.2, 0.25) is 5.91 Å². The van der Waals surface area contributed by atoms with Gasteiger partial charge >= 0.3 is 0 Å². The molecule has 146 valence electrons. The highest BCUT2D eigenvalue weighted by molar-refractivity contribution is 5.87. The van der Waals surface area contributed by atoms with Crippen molar-refractivity contribution in [2.75, 3.05) is 19.6 Å². The first-order valence-electron chi connectivity index (χ1n) is 10.3. The lowest BCUT2D eigenvalue weighted by Gasteiger charge is -2.33. The zero-order valence-corrected chi connectivity index (χ0v) is 16.4. The molecule has 1 unspecified atom stereocenters. The van der Waals surface area contributed by atoms with Crippen molar-refractivity contribution < 1.29 is 4.79 Å². The summed E-state index contributed by atoms with van der Waals surface area (Å²) in [5, 5.41) is 7.17. The van der Waals surface area contributed by atoms with Crippen LogP contribution in [-0.4, -0.2) is 41.5 Å². The highest BCUT2D eigenvalue weighted by atomic mass is 16.2. The number of aromatic nitrogens is 1. The maximum Gasteiger partial charge on any atom is 0.240 e. The number of hydrogen-bond donors (Lipinski definition) is 2. The fraction of sp³-hybridized carbons (Fsp3) is 0.240. The van der Waals surface area contributed by atoms with E-state index in [0.29, 0.717) is 6.42 Å². The lowest BCUT2D eigenvalue weighted by atomic mass is 10.0. The Balaban J connectivity index is 1.29. The molecule has 1 aliphatic rings. The summed E-state index contributed by atoms with van der Waals surface area (Å²) in [6.07, 6.45) is 3.63. The quantitative estimate of drug-likeness (QED) is 0.549. The SMILES string of the molecule is O=C1C(Cc2c[nH]c3ccccc23)NCCN1CCc1cccc2ccccc12. The van der Waals surface area contributed by atoms with E-state index in [9.17, 15) is 4.79 Å². The van der Waals surface area contributed by atoms with Gasteiger partial charge in [-0.1, -0.05) is 60.7 Å². The number of carbonyl (C=O) groups excluding carboxylic acids is 1. The number of benzene rings is 3. The third-order valence-corrected chi connectivity index (χ3v) is 6.01. The molecule has 4 heteroatoms. The molecule has 1 amide bonds. The molecular formula is C25H25N3O. The van der Waals surface area contributed by atoms with Gasteiger partial charge in [0.15, 0.2) is 0 Å². The van der Waals surface area contributed by atoms with Crippen molar-refractivity contribution in [1.82, 2.24) is 15.2 Å². The van der Waals surface area contributed by atoms with Crippen LogP contribution in [0.15, 0.2) is 72.9 Å². The molecule has 4 aromatic rings. The Kier molecular flexibility index (Phi) is 4.78. The van der Waals surface area contributed by atoms with E-state index in [0.717, 1.165) is 31.6 Å². The van der Waals surface area contributed by atoms with Gasteiger partial charge in [0.1, 0.15) is 0 Å². The number of fused-ring (bicyclic) bond motifs is 2. The van der Waals surface area contributed by atoms with Gasteiger partial charge in [0.25, 0.3) is 0 Å². The number of para-hydroxylation sites is 1. The Morgan fingerprint density at radius 3 is 2.62 bits per heavy atom. The first-order chi connectivity index (χ1) is 14.3. The Morgan fingerprint density at radius 2 is 1.69 bits per heavy atom. The molecule has 0 saturated carbocycles. The minimum atomic E-state index is -0.157. The van der Waals surface area contributed by atoms with Gasteiger partial charge in [-0.05, 0) is 40.8 Å². The molecule has 2 heterocycles. The van der Waals surface area contributed by atoms with E-state index in [1.807, 2.05) is 23.2 Å². The molecule has 1 atom stereocenters. The fourth-order valence-corrected chi connectivity index (χ4v) is 4.46. The average Bonchev–Trinajstić information content (AvgIpc) is 3.17. The van der Waals surface area contributed by atoms with Crippen LogP contribution in [0.3, 0.4) is 0 Å². The summed E-state index contributed by atoms with van der Waals surface area (Å²) in [6, 6.07) is 23.0. The Bertz CT molecular complexity index is 1160. The Labute approximate surface area is 170 Å². The number of rotatable bonds is 5. The predicted octanol–water partition coefficient (Wildman–Crippen LogP) is 3.91. The molecular weight excluding hydrogens is 358 g/mol. The third-order valence-electron chi connectivity index (χ3n) is 6.01. The molecule has 0 spiro atoms. The largest absolute Gasteiger partial charge is 0.361 e. The van der Waals surface area contributed by atoms with Crippen LogP contribution in [0.5, 0.6) is 0 Å². The summed E-state index contributed by atoms with van der Waals surface area (Å²) in [5.74, 6) is 0.210. The number of H-pyrrole nitrogens is 1. The summed E-state index contributed by atoms with van der Waals surface area (Å²) < 4.78 is 0. The zero-order chi connectivity index (χ0) is 19.6. The smallest absolute Gasteiger partial charge is 0.240 e. The third kappa shape index (κ3) is 3.52. The summed E-state index contributed by atoms with van der Waals surface area (Å²) in [5.41, 5.74) is 3.63. The van der Waals surface area contributed by atoms with Crippen LogP contribution < -0.4 is 5.32 Å². The van der Waals surface area contributed by atoms with Crippen molar-refractivity contribution in [2.24, 2.45) is 0 Å². The fourth-order valence-electron chi connectivity index (χ4n) is 4.46. The van der Waals surface area contributed by atoms with Gasteiger partial charge in [-0.2, -0.15) is 0 Å². The molecule has 0 bridgehead atoms. The first kappa shape index (κ1) is 18.0. The minimum Gasteiger partial charge on any atom is -0.361 e. The van der Waals surface area contributed by atoms with E-state index >= 15 is 0 Å². The predicted molar refractivity (Wildman–Crippen MR) is 118 cm³/mol. The van der Waals surface area contributed by atoms with Crippen LogP contribution >= 0.6 is 0 Å². The first-order valence-corrected chi connectivity index (χ1v) is 10.3. The lowest BCUT2D eigenvalue weighted by molar-refractivity contribution is -0.135. The van der Waals surface area contributed by atoms with Crippen LogP contribution in [-0.2, 0) is 17.6 Å². The molecule has 0 radical (unpaired) electrons. The average molecular weight is 383 g/mol. The second-order valence-electron chi connectivity index (χ2n) is 7.78. The van der Waals surface area contributed by atoms with Crippen LogP contribution in [0.1, 0.15) is 11.1 Å². The number of carbonyl (C=O) groups is 1. The topological polar surface area (TPSA) is 48.1 Å². The highest BCUT2D eigenvalue weighted by Crippen LogP contribution is 2.22. The lowest BCUT2D eigenvalue weighted by Crippen LogP contribution is -2.56. The molecule has 4 nitrogen and oxygen atoms in total. The van der Waals surface area contributed by atoms with Crippen molar-refractivity contribution in [3.05, 3.63) is 84.1 Å². The number of amides is 1.